The second-order valence-electron chi connectivity index (χ2n) is 3.42. The van der Waals surface area contributed by atoms with Gasteiger partial charge in [0, 0.05) is 23.7 Å². The molecule has 0 aromatic carbocycles. The van der Waals surface area contributed by atoms with Crippen LogP contribution in [0.5, 0.6) is 0 Å². The lowest BCUT2D eigenvalue weighted by molar-refractivity contribution is 1.14. The monoisotopic (exact) mass is 213 g/mol. The van der Waals surface area contributed by atoms with E-state index in [1.54, 1.807) is 18.5 Å². The molecule has 0 aliphatic rings. The molecule has 1 N–H and O–H groups in total. The first-order valence-electron chi connectivity index (χ1n) is 4.83. The third kappa shape index (κ3) is 1.77. The summed E-state index contributed by atoms with van der Waals surface area (Å²) in [5.41, 5.74) is 2.85. The molecule has 0 aliphatic carbocycles. The maximum atomic E-state index is 11.5. The fourth-order valence-electron chi connectivity index (χ4n) is 1.56. The zero-order valence-electron chi connectivity index (χ0n) is 8.90. The minimum Gasteiger partial charge on any atom is -0.324 e. The van der Waals surface area contributed by atoms with Crippen LogP contribution < -0.4 is 5.56 Å². The predicted molar refractivity (Wildman–Crippen MR) is 64.2 cm³/mol. The van der Waals surface area contributed by atoms with Gasteiger partial charge in [0.15, 0.2) is 0 Å². The Kier molecular flexibility index (Phi) is 2.64. The van der Waals surface area contributed by atoms with E-state index >= 15 is 0 Å². The first-order chi connectivity index (χ1) is 7.72. The van der Waals surface area contributed by atoms with E-state index < -0.39 is 0 Å². The minimum atomic E-state index is -0.217. The van der Waals surface area contributed by atoms with Crippen LogP contribution >= 0.6 is 0 Å². The second-order valence-corrected chi connectivity index (χ2v) is 3.42. The van der Waals surface area contributed by atoms with Crippen molar-refractivity contribution in [1.82, 2.24) is 9.97 Å². The van der Waals surface area contributed by atoms with Gasteiger partial charge in [0.1, 0.15) is 5.69 Å². The molecule has 2 heterocycles. The van der Waals surface area contributed by atoms with Crippen LogP contribution in [0, 0.1) is 6.92 Å². The lowest BCUT2D eigenvalue weighted by Gasteiger charge is -2.06. The van der Waals surface area contributed by atoms with Gasteiger partial charge in [0.05, 0.1) is 0 Å². The Morgan fingerprint density at radius 3 is 2.69 bits per heavy atom. The number of aromatic amines is 1. The van der Waals surface area contributed by atoms with Gasteiger partial charge in [-0.25, -0.2) is 0 Å². The first-order valence-corrected chi connectivity index (χ1v) is 4.83. The van der Waals surface area contributed by atoms with Crippen LogP contribution in [0.25, 0.3) is 11.1 Å². The number of nitrogens with one attached hydrogen (secondary N) is 1. The van der Waals surface area contributed by atoms with Gasteiger partial charge in [-0.05, 0) is 37.4 Å². The summed E-state index contributed by atoms with van der Waals surface area (Å²) < 4.78 is 0. The molecule has 0 saturated carbocycles. The van der Waals surface area contributed by atoms with Gasteiger partial charge in [-0.2, -0.15) is 0 Å². The summed E-state index contributed by atoms with van der Waals surface area (Å²) in [5.74, 6) is 0. The average molecular weight is 213 g/mol. The second kappa shape index (κ2) is 4.10. The molecule has 4 nitrogen and oxygen atoms in total. The summed E-state index contributed by atoms with van der Waals surface area (Å²) in [7, 11) is 0. The number of H-pyrrole nitrogens is 1. The van der Waals surface area contributed by atoms with Crippen molar-refractivity contribution in [2.24, 2.45) is 4.99 Å². The minimum absolute atomic E-state index is 0.217. The SMILES string of the molecule is C=Nc1cc(-c2ccncc2)c(C)[nH]c1=O. The maximum absolute atomic E-state index is 11.5. The van der Waals surface area contributed by atoms with Crippen LogP contribution in [0.2, 0.25) is 0 Å². The molecule has 0 aliphatic heterocycles. The van der Waals surface area contributed by atoms with Gasteiger partial charge < -0.3 is 4.98 Å². The molecule has 0 atom stereocenters. The molecule has 0 saturated heterocycles. The van der Waals surface area contributed by atoms with Crippen molar-refractivity contribution in [2.75, 3.05) is 0 Å². The molecule has 4 heteroatoms. The Balaban J connectivity index is 2.66. The van der Waals surface area contributed by atoms with Gasteiger partial charge in [0.25, 0.3) is 5.56 Å². The molecule has 2 aromatic heterocycles. The largest absolute Gasteiger partial charge is 0.324 e. The Hall–Kier alpha value is -2.23. The maximum Gasteiger partial charge on any atom is 0.274 e. The fourth-order valence-corrected chi connectivity index (χ4v) is 1.56. The van der Waals surface area contributed by atoms with Gasteiger partial charge in [0.2, 0.25) is 0 Å². The highest BCUT2D eigenvalue weighted by Gasteiger charge is 2.06. The van der Waals surface area contributed by atoms with Gasteiger partial charge in [-0.1, -0.05) is 0 Å². The molecule has 0 spiro atoms. The van der Waals surface area contributed by atoms with Crippen molar-refractivity contribution in [1.29, 1.82) is 0 Å². The van der Waals surface area contributed by atoms with Gasteiger partial charge in [-0.15, -0.1) is 0 Å². The van der Waals surface area contributed by atoms with E-state index in [1.165, 1.54) is 0 Å². The molecule has 2 aromatic rings. The van der Waals surface area contributed by atoms with Crippen LogP contribution in [0.15, 0.2) is 40.4 Å². The third-order valence-corrected chi connectivity index (χ3v) is 2.38. The highest BCUT2D eigenvalue weighted by molar-refractivity contribution is 5.68. The Bertz CT molecular complexity index is 573. The zero-order chi connectivity index (χ0) is 11.5. The smallest absolute Gasteiger partial charge is 0.274 e. The number of hydrogen-bond acceptors (Lipinski definition) is 3. The van der Waals surface area contributed by atoms with E-state index in [0.29, 0.717) is 5.69 Å². The number of nitrogens with zero attached hydrogens (tertiary/aromatic N) is 2. The molecule has 0 bridgehead atoms. The van der Waals surface area contributed by atoms with E-state index in [1.807, 2.05) is 19.1 Å². The van der Waals surface area contributed by atoms with Crippen molar-refractivity contribution >= 4 is 12.4 Å². The van der Waals surface area contributed by atoms with Crippen molar-refractivity contribution < 1.29 is 0 Å². The third-order valence-electron chi connectivity index (χ3n) is 2.38. The molecule has 16 heavy (non-hydrogen) atoms. The number of aromatic nitrogens is 2. The summed E-state index contributed by atoms with van der Waals surface area (Å²) in [6.07, 6.45) is 3.42. The predicted octanol–water partition coefficient (Wildman–Crippen LogP) is 2.08. The summed E-state index contributed by atoms with van der Waals surface area (Å²) in [6, 6.07) is 5.50. The molecule has 2 rings (SSSR count). The van der Waals surface area contributed by atoms with E-state index in [4.69, 9.17) is 0 Å². The van der Waals surface area contributed by atoms with Crippen LogP contribution in [-0.4, -0.2) is 16.7 Å². The first kappa shape index (κ1) is 10.3. The van der Waals surface area contributed by atoms with Crippen molar-refractivity contribution in [3.63, 3.8) is 0 Å². The van der Waals surface area contributed by atoms with Crippen molar-refractivity contribution in [2.45, 2.75) is 6.92 Å². The molecule has 0 unspecified atom stereocenters. The molecule has 0 amide bonds. The molecular weight excluding hydrogens is 202 g/mol. The number of hydrogen-bond donors (Lipinski definition) is 1. The van der Waals surface area contributed by atoms with Gasteiger partial charge >= 0.3 is 0 Å². The topological polar surface area (TPSA) is 58.1 Å². The summed E-state index contributed by atoms with van der Waals surface area (Å²) in [6.45, 7) is 5.23. The summed E-state index contributed by atoms with van der Waals surface area (Å²) in [5, 5.41) is 0. The lowest BCUT2D eigenvalue weighted by atomic mass is 10.1. The van der Waals surface area contributed by atoms with Crippen molar-refractivity contribution in [3.05, 3.63) is 46.6 Å². The average Bonchev–Trinajstić information content (AvgIpc) is 2.30. The van der Waals surface area contributed by atoms with Crippen LogP contribution in [-0.2, 0) is 0 Å². The zero-order valence-corrected chi connectivity index (χ0v) is 8.90. The van der Waals surface area contributed by atoms with Gasteiger partial charge in [-0.3, -0.25) is 14.8 Å². The highest BCUT2D eigenvalue weighted by Crippen LogP contribution is 2.23. The molecule has 0 fully saturated rings. The quantitative estimate of drug-likeness (QED) is 0.776. The fraction of sp³-hybridized carbons (Fsp3) is 0.0833. The van der Waals surface area contributed by atoms with Crippen LogP contribution in [0.3, 0.4) is 0 Å². The highest BCUT2D eigenvalue weighted by atomic mass is 16.1. The lowest BCUT2D eigenvalue weighted by Crippen LogP contribution is -2.07. The van der Waals surface area contributed by atoms with Crippen molar-refractivity contribution in [3.8, 4) is 11.1 Å². The number of pyridine rings is 2. The van der Waals surface area contributed by atoms with E-state index in [2.05, 4.69) is 21.7 Å². The summed E-state index contributed by atoms with van der Waals surface area (Å²) >= 11 is 0. The number of aryl methyl sites for hydroxylation is 1. The molecule has 0 radical (unpaired) electrons. The Labute approximate surface area is 92.7 Å². The number of rotatable bonds is 2. The molecular formula is C12H11N3O. The standard InChI is InChI=1S/C12H11N3O/c1-8-10(9-3-5-14-6-4-9)7-11(13-2)12(16)15-8/h3-7H,2H2,1H3,(H,15,16). The molecule has 80 valence electrons. The van der Waals surface area contributed by atoms with Crippen LogP contribution in [0.1, 0.15) is 5.69 Å². The Morgan fingerprint density at radius 2 is 2.06 bits per heavy atom. The van der Waals surface area contributed by atoms with E-state index in [0.717, 1.165) is 16.8 Å². The summed E-state index contributed by atoms with van der Waals surface area (Å²) in [4.78, 5) is 21.8. The van der Waals surface area contributed by atoms with Crippen LogP contribution in [0.4, 0.5) is 5.69 Å². The number of aliphatic imine (C=N–C) groups is 1. The van der Waals surface area contributed by atoms with E-state index in [-0.39, 0.29) is 5.56 Å². The normalized spacial score (nSPS) is 10.1. The Morgan fingerprint density at radius 1 is 1.38 bits per heavy atom. The van der Waals surface area contributed by atoms with E-state index in [9.17, 15) is 4.79 Å².